The number of para-hydroxylation sites is 2. The van der Waals surface area contributed by atoms with E-state index < -0.39 is 0 Å². The molecule has 2 aromatic carbocycles. The van der Waals surface area contributed by atoms with Gasteiger partial charge >= 0.3 is 0 Å². The molecule has 0 amide bonds. The summed E-state index contributed by atoms with van der Waals surface area (Å²) in [6.45, 7) is 3.95. The fourth-order valence-electron chi connectivity index (χ4n) is 2.89. The molecule has 26 heavy (non-hydrogen) atoms. The van der Waals surface area contributed by atoms with Crippen molar-refractivity contribution in [3.05, 3.63) is 78.2 Å². The van der Waals surface area contributed by atoms with Crippen molar-refractivity contribution < 1.29 is 0 Å². The smallest absolute Gasteiger partial charge is 0.136 e. The summed E-state index contributed by atoms with van der Waals surface area (Å²) in [6.07, 6.45) is 1.80. The molecule has 5 nitrogen and oxygen atoms in total. The first-order chi connectivity index (χ1) is 12.7. The Morgan fingerprint density at radius 2 is 1.42 bits per heavy atom. The molecule has 128 valence electrons. The normalized spacial score (nSPS) is 10.7. The third-order valence-electron chi connectivity index (χ3n) is 4.14. The number of aromatic nitrogens is 3. The van der Waals surface area contributed by atoms with Crippen molar-refractivity contribution in [3.8, 4) is 0 Å². The predicted molar refractivity (Wildman–Crippen MR) is 106 cm³/mol. The summed E-state index contributed by atoms with van der Waals surface area (Å²) in [4.78, 5) is 13.5. The number of rotatable bonds is 4. The molecule has 0 bridgehead atoms. The molecule has 0 fully saturated rings. The van der Waals surface area contributed by atoms with Gasteiger partial charge in [0.05, 0.1) is 11.2 Å². The number of nitrogens with one attached hydrogen (secondary N) is 2. The highest BCUT2D eigenvalue weighted by atomic mass is 15.1. The second-order valence-electron chi connectivity index (χ2n) is 6.13. The first-order valence-corrected chi connectivity index (χ1v) is 8.48. The SMILES string of the molecule is Cc1nc(Nc2ccccc2C)cc(Nc2cccc3cccnc23)n1. The molecule has 0 radical (unpaired) electrons. The summed E-state index contributed by atoms with van der Waals surface area (Å²) < 4.78 is 0. The molecule has 0 saturated carbocycles. The number of nitrogens with zero attached hydrogens (tertiary/aromatic N) is 3. The van der Waals surface area contributed by atoms with Crippen molar-refractivity contribution >= 4 is 33.9 Å². The van der Waals surface area contributed by atoms with E-state index in [1.54, 1.807) is 6.20 Å². The van der Waals surface area contributed by atoms with Crippen LogP contribution >= 0.6 is 0 Å². The van der Waals surface area contributed by atoms with E-state index in [1.807, 2.05) is 61.5 Å². The van der Waals surface area contributed by atoms with Crippen LogP contribution in [0.3, 0.4) is 0 Å². The van der Waals surface area contributed by atoms with Gasteiger partial charge in [0.25, 0.3) is 0 Å². The van der Waals surface area contributed by atoms with Crippen LogP contribution in [0.15, 0.2) is 66.9 Å². The number of hydrogen-bond donors (Lipinski definition) is 2. The fourth-order valence-corrected chi connectivity index (χ4v) is 2.89. The first-order valence-electron chi connectivity index (χ1n) is 8.48. The van der Waals surface area contributed by atoms with Crippen LogP contribution in [-0.2, 0) is 0 Å². The lowest BCUT2D eigenvalue weighted by atomic mass is 10.2. The molecule has 2 N–H and O–H groups in total. The van der Waals surface area contributed by atoms with Gasteiger partial charge in [-0.1, -0.05) is 36.4 Å². The third-order valence-corrected chi connectivity index (χ3v) is 4.14. The van der Waals surface area contributed by atoms with Gasteiger partial charge in [-0.3, -0.25) is 4.98 Å². The number of hydrogen-bond acceptors (Lipinski definition) is 5. The van der Waals surface area contributed by atoms with Gasteiger partial charge in [0.15, 0.2) is 0 Å². The third kappa shape index (κ3) is 3.32. The van der Waals surface area contributed by atoms with Crippen molar-refractivity contribution in [1.82, 2.24) is 15.0 Å². The first kappa shape index (κ1) is 16.0. The summed E-state index contributed by atoms with van der Waals surface area (Å²) in [5.74, 6) is 2.17. The molecular formula is C21H19N5. The molecule has 4 aromatic rings. The average Bonchev–Trinajstić information content (AvgIpc) is 2.64. The molecule has 0 aliphatic heterocycles. The second-order valence-corrected chi connectivity index (χ2v) is 6.13. The van der Waals surface area contributed by atoms with Gasteiger partial charge in [-0.15, -0.1) is 0 Å². The molecule has 0 unspecified atom stereocenters. The molecule has 5 heteroatoms. The molecule has 0 spiro atoms. The lowest BCUT2D eigenvalue weighted by molar-refractivity contribution is 1.06. The predicted octanol–water partition coefficient (Wildman–Crippen LogP) is 5.13. The highest BCUT2D eigenvalue weighted by Gasteiger charge is 2.07. The summed E-state index contributed by atoms with van der Waals surface area (Å²) in [5.41, 5.74) is 4.03. The number of fused-ring (bicyclic) bond motifs is 1. The number of anilines is 4. The zero-order valence-corrected chi connectivity index (χ0v) is 14.7. The Morgan fingerprint density at radius 1 is 0.731 bits per heavy atom. The topological polar surface area (TPSA) is 62.7 Å². The molecule has 2 heterocycles. The van der Waals surface area contributed by atoms with E-state index in [1.165, 1.54) is 0 Å². The van der Waals surface area contributed by atoms with Crippen molar-refractivity contribution in [1.29, 1.82) is 0 Å². The minimum absolute atomic E-state index is 0.694. The van der Waals surface area contributed by atoms with Crippen molar-refractivity contribution in [2.75, 3.05) is 10.6 Å². The maximum absolute atomic E-state index is 4.51. The van der Waals surface area contributed by atoms with Crippen LogP contribution in [0.1, 0.15) is 11.4 Å². The van der Waals surface area contributed by atoms with E-state index in [4.69, 9.17) is 0 Å². The minimum atomic E-state index is 0.694. The Hall–Kier alpha value is -3.47. The monoisotopic (exact) mass is 341 g/mol. The summed E-state index contributed by atoms with van der Waals surface area (Å²) in [5, 5.41) is 7.83. The summed E-state index contributed by atoms with van der Waals surface area (Å²) in [7, 11) is 0. The van der Waals surface area contributed by atoms with Gasteiger partial charge < -0.3 is 10.6 Å². The van der Waals surface area contributed by atoms with Crippen molar-refractivity contribution in [3.63, 3.8) is 0 Å². The molecule has 0 aliphatic rings. The van der Waals surface area contributed by atoms with Crippen LogP contribution in [0.2, 0.25) is 0 Å². The number of aryl methyl sites for hydroxylation is 2. The van der Waals surface area contributed by atoms with Gasteiger partial charge in [0.2, 0.25) is 0 Å². The van der Waals surface area contributed by atoms with E-state index in [0.29, 0.717) is 5.82 Å². The Bertz CT molecular complexity index is 1070. The fraction of sp³-hybridized carbons (Fsp3) is 0.0952. The van der Waals surface area contributed by atoms with E-state index in [9.17, 15) is 0 Å². The molecule has 0 aliphatic carbocycles. The lowest BCUT2D eigenvalue weighted by Crippen LogP contribution is -2.02. The van der Waals surface area contributed by atoms with Crippen LogP contribution in [-0.4, -0.2) is 15.0 Å². The lowest BCUT2D eigenvalue weighted by Gasteiger charge is -2.12. The Balaban J connectivity index is 1.67. The summed E-state index contributed by atoms with van der Waals surface area (Å²) >= 11 is 0. The Kier molecular flexibility index (Phi) is 4.19. The van der Waals surface area contributed by atoms with Gasteiger partial charge in [0.1, 0.15) is 17.5 Å². The number of pyridine rings is 1. The van der Waals surface area contributed by atoms with Crippen LogP contribution < -0.4 is 10.6 Å². The molecule has 4 rings (SSSR count). The van der Waals surface area contributed by atoms with Gasteiger partial charge in [-0.25, -0.2) is 9.97 Å². The van der Waals surface area contributed by atoms with E-state index in [2.05, 4.69) is 38.6 Å². The van der Waals surface area contributed by atoms with Crippen molar-refractivity contribution in [2.45, 2.75) is 13.8 Å². The van der Waals surface area contributed by atoms with Crippen LogP contribution in [0, 0.1) is 13.8 Å². The molecule has 0 saturated heterocycles. The molecule has 2 aromatic heterocycles. The van der Waals surface area contributed by atoms with Crippen LogP contribution in [0.5, 0.6) is 0 Å². The number of benzene rings is 2. The van der Waals surface area contributed by atoms with E-state index >= 15 is 0 Å². The van der Waals surface area contributed by atoms with Crippen LogP contribution in [0.4, 0.5) is 23.0 Å². The maximum Gasteiger partial charge on any atom is 0.136 e. The quantitative estimate of drug-likeness (QED) is 0.539. The van der Waals surface area contributed by atoms with Gasteiger partial charge in [-0.05, 0) is 37.6 Å². The molecular weight excluding hydrogens is 322 g/mol. The zero-order valence-electron chi connectivity index (χ0n) is 14.7. The highest BCUT2D eigenvalue weighted by Crippen LogP contribution is 2.26. The highest BCUT2D eigenvalue weighted by molar-refractivity contribution is 5.91. The van der Waals surface area contributed by atoms with Gasteiger partial charge in [0, 0.05) is 23.3 Å². The maximum atomic E-state index is 4.51. The summed E-state index contributed by atoms with van der Waals surface area (Å²) in [6, 6.07) is 20.1. The van der Waals surface area contributed by atoms with Crippen LogP contribution in [0.25, 0.3) is 10.9 Å². The largest absolute Gasteiger partial charge is 0.340 e. The zero-order chi connectivity index (χ0) is 17.9. The molecule has 0 atom stereocenters. The minimum Gasteiger partial charge on any atom is -0.340 e. The second kappa shape index (κ2) is 6.80. The Morgan fingerprint density at radius 3 is 2.23 bits per heavy atom. The van der Waals surface area contributed by atoms with Gasteiger partial charge in [-0.2, -0.15) is 0 Å². The van der Waals surface area contributed by atoms with E-state index in [0.717, 1.165) is 39.5 Å². The Labute approximate surface area is 152 Å². The standard InChI is InChI=1S/C21H19N5/c1-14-7-3-4-10-17(14)25-19-13-20(24-15(2)23-19)26-18-11-5-8-16-9-6-12-22-21(16)18/h3-13H,1-2H3,(H2,23,24,25,26). The average molecular weight is 341 g/mol. The van der Waals surface area contributed by atoms with Crippen molar-refractivity contribution in [2.24, 2.45) is 0 Å². The van der Waals surface area contributed by atoms with E-state index in [-0.39, 0.29) is 0 Å².